The van der Waals surface area contributed by atoms with E-state index < -0.39 is 27.5 Å². The van der Waals surface area contributed by atoms with Crippen LogP contribution < -0.4 is 4.72 Å². The molecule has 166 valence electrons. The number of halogens is 4. The minimum Gasteiger partial charge on any atom is -0.259 e. The van der Waals surface area contributed by atoms with E-state index in [0.717, 1.165) is 10.6 Å². The van der Waals surface area contributed by atoms with Crippen molar-refractivity contribution in [2.45, 2.75) is 11.9 Å². The van der Waals surface area contributed by atoms with Crippen LogP contribution in [0.5, 0.6) is 0 Å². The molecule has 0 aliphatic carbocycles. The number of nitrogens with one attached hydrogen (secondary N) is 1. The summed E-state index contributed by atoms with van der Waals surface area (Å²) in [5.74, 6) is -0.688. The summed E-state index contributed by atoms with van der Waals surface area (Å²) in [6, 6.07) is 14.4. The lowest BCUT2D eigenvalue weighted by atomic mass is 10.1. The molecule has 0 saturated heterocycles. The van der Waals surface area contributed by atoms with E-state index in [9.17, 15) is 21.6 Å². The molecule has 1 N–H and O–H groups in total. The van der Waals surface area contributed by atoms with Crippen molar-refractivity contribution in [3.05, 3.63) is 82.2 Å². The molecular formula is C20H14ClF3N4O2S2. The molecule has 0 bridgehead atoms. The SMILES string of the molecule is O=S(=O)(Cc1ccc(Cl)cc1)Nc1nnc(-c2cccs2)n1-c1ccccc1C(F)(F)F. The van der Waals surface area contributed by atoms with Crippen LogP contribution in [0.1, 0.15) is 11.1 Å². The van der Waals surface area contributed by atoms with Gasteiger partial charge in [-0.3, -0.25) is 9.29 Å². The molecule has 0 saturated carbocycles. The van der Waals surface area contributed by atoms with Crippen LogP contribution in [0, 0.1) is 0 Å². The lowest BCUT2D eigenvalue weighted by Crippen LogP contribution is -2.19. The second-order valence-electron chi connectivity index (χ2n) is 6.66. The average molecular weight is 499 g/mol. The fraction of sp³-hybridized carbons (Fsp3) is 0.100. The summed E-state index contributed by atoms with van der Waals surface area (Å²) in [5.41, 5.74) is -0.796. The van der Waals surface area contributed by atoms with Gasteiger partial charge in [-0.25, -0.2) is 8.42 Å². The Morgan fingerprint density at radius 2 is 1.72 bits per heavy atom. The maximum Gasteiger partial charge on any atom is 0.418 e. The summed E-state index contributed by atoms with van der Waals surface area (Å²) in [7, 11) is -4.03. The molecule has 12 heteroatoms. The molecule has 0 atom stereocenters. The zero-order valence-electron chi connectivity index (χ0n) is 16.0. The van der Waals surface area contributed by atoms with Crippen molar-refractivity contribution < 1.29 is 21.6 Å². The van der Waals surface area contributed by atoms with Gasteiger partial charge in [-0.05, 0) is 41.3 Å². The van der Waals surface area contributed by atoms with Gasteiger partial charge >= 0.3 is 6.18 Å². The Balaban J connectivity index is 1.80. The number of nitrogens with zero attached hydrogens (tertiary/aromatic N) is 3. The third kappa shape index (κ3) is 4.79. The van der Waals surface area contributed by atoms with Gasteiger partial charge in [0.05, 0.1) is 21.9 Å². The van der Waals surface area contributed by atoms with Crippen LogP contribution in [-0.4, -0.2) is 23.2 Å². The molecule has 2 aromatic heterocycles. The highest BCUT2D eigenvalue weighted by atomic mass is 35.5. The van der Waals surface area contributed by atoms with Crippen LogP contribution in [0.3, 0.4) is 0 Å². The standard InChI is InChI=1S/C20H14ClF3N4O2S2/c21-14-9-7-13(8-10-14)12-32(29,30)27-19-26-25-18(17-6-3-11-31-17)28(19)16-5-2-1-4-15(16)20(22,23)24/h1-11H,12H2,(H,26,27). The number of benzene rings is 2. The van der Waals surface area contributed by atoms with Gasteiger partial charge in [-0.15, -0.1) is 21.5 Å². The Labute approximate surface area is 190 Å². The van der Waals surface area contributed by atoms with E-state index in [-0.39, 0.29) is 17.5 Å². The lowest BCUT2D eigenvalue weighted by molar-refractivity contribution is -0.137. The molecule has 4 aromatic rings. The van der Waals surface area contributed by atoms with Crippen molar-refractivity contribution in [3.8, 4) is 16.4 Å². The Bertz CT molecular complexity index is 1340. The van der Waals surface area contributed by atoms with Crippen molar-refractivity contribution in [1.29, 1.82) is 0 Å². The first-order chi connectivity index (χ1) is 15.1. The molecule has 0 radical (unpaired) electrons. The highest BCUT2D eigenvalue weighted by Crippen LogP contribution is 2.37. The van der Waals surface area contributed by atoms with Gasteiger partial charge in [0.1, 0.15) is 0 Å². The van der Waals surface area contributed by atoms with E-state index in [2.05, 4.69) is 14.9 Å². The predicted molar refractivity (Wildman–Crippen MR) is 117 cm³/mol. The van der Waals surface area contributed by atoms with Gasteiger partial charge in [0.25, 0.3) is 0 Å². The smallest absolute Gasteiger partial charge is 0.259 e. The van der Waals surface area contributed by atoms with Crippen molar-refractivity contribution in [2.24, 2.45) is 0 Å². The number of alkyl halides is 3. The number of aromatic nitrogens is 3. The summed E-state index contributed by atoms with van der Waals surface area (Å²) in [6.07, 6.45) is -4.67. The third-order valence-corrected chi connectivity index (χ3v) is 6.70. The molecule has 2 aromatic carbocycles. The quantitative estimate of drug-likeness (QED) is 0.375. The highest BCUT2D eigenvalue weighted by Gasteiger charge is 2.35. The van der Waals surface area contributed by atoms with Crippen LogP contribution >= 0.6 is 22.9 Å². The third-order valence-electron chi connectivity index (χ3n) is 4.37. The minimum atomic E-state index is -4.67. The van der Waals surface area contributed by atoms with Crippen LogP contribution in [0.25, 0.3) is 16.4 Å². The number of hydrogen-bond acceptors (Lipinski definition) is 5. The molecule has 6 nitrogen and oxygen atoms in total. The molecule has 4 rings (SSSR count). The topological polar surface area (TPSA) is 76.9 Å². The van der Waals surface area contributed by atoms with Crippen LogP contribution in [0.2, 0.25) is 5.02 Å². The number of thiophene rings is 1. The zero-order valence-corrected chi connectivity index (χ0v) is 18.4. The van der Waals surface area contributed by atoms with Crippen molar-refractivity contribution in [2.75, 3.05) is 4.72 Å². The van der Waals surface area contributed by atoms with Gasteiger partial charge in [0.2, 0.25) is 16.0 Å². The number of para-hydroxylation sites is 1. The molecule has 2 heterocycles. The van der Waals surface area contributed by atoms with Gasteiger partial charge < -0.3 is 0 Å². The molecule has 0 fully saturated rings. The summed E-state index contributed by atoms with van der Waals surface area (Å²) < 4.78 is 70.0. The van der Waals surface area contributed by atoms with E-state index in [1.54, 1.807) is 41.8 Å². The largest absolute Gasteiger partial charge is 0.418 e. The fourth-order valence-electron chi connectivity index (χ4n) is 3.03. The molecular weight excluding hydrogens is 485 g/mol. The Morgan fingerprint density at radius 1 is 1.00 bits per heavy atom. The van der Waals surface area contributed by atoms with E-state index in [4.69, 9.17) is 11.6 Å². The summed E-state index contributed by atoms with van der Waals surface area (Å²) in [4.78, 5) is 0.526. The second kappa shape index (κ2) is 8.57. The number of anilines is 1. The first-order valence-electron chi connectivity index (χ1n) is 9.05. The van der Waals surface area contributed by atoms with Gasteiger partial charge in [0.15, 0.2) is 5.82 Å². The average Bonchev–Trinajstić information content (AvgIpc) is 3.38. The molecule has 0 amide bonds. The fourth-order valence-corrected chi connectivity index (χ4v) is 4.97. The van der Waals surface area contributed by atoms with E-state index in [0.29, 0.717) is 15.5 Å². The van der Waals surface area contributed by atoms with E-state index >= 15 is 0 Å². The summed E-state index contributed by atoms with van der Waals surface area (Å²) >= 11 is 7.07. The maximum atomic E-state index is 13.7. The maximum absolute atomic E-state index is 13.7. The molecule has 0 spiro atoms. The first-order valence-corrected chi connectivity index (χ1v) is 12.0. The number of sulfonamides is 1. The first kappa shape index (κ1) is 22.3. The minimum absolute atomic E-state index is 0.0842. The van der Waals surface area contributed by atoms with Crippen molar-refractivity contribution in [3.63, 3.8) is 0 Å². The lowest BCUT2D eigenvalue weighted by Gasteiger charge is -2.17. The Kier molecular flexibility index (Phi) is 5.97. The van der Waals surface area contributed by atoms with Gasteiger partial charge in [-0.1, -0.05) is 41.9 Å². The Morgan fingerprint density at radius 3 is 2.38 bits per heavy atom. The number of hydrogen-bond donors (Lipinski definition) is 1. The summed E-state index contributed by atoms with van der Waals surface area (Å²) in [5, 5.41) is 10.0. The molecule has 0 aliphatic heterocycles. The highest BCUT2D eigenvalue weighted by molar-refractivity contribution is 7.91. The van der Waals surface area contributed by atoms with Crippen LogP contribution in [0.15, 0.2) is 66.0 Å². The molecule has 0 unspecified atom stereocenters. The van der Waals surface area contributed by atoms with Crippen molar-refractivity contribution in [1.82, 2.24) is 14.8 Å². The second-order valence-corrected chi connectivity index (χ2v) is 9.77. The number of rotatable bonds is 6. The molecule has 0 aliphatic rings. The van der Waals surface area contributed by atoms with E-state index in [1.165, 1.54) is 29.5 Å². The predicted octanol–water partition coefficient (Wildman–Crippen LogP) is 5.61. The molecule has 32 heavy (non-hydrogen) atoms. The van der Waals surface area contributed by atoms with Gasteiger partial charge in [0, 0.05) is 5.02 Å². The van der Waals surface area contributed by atoms with E-state index in [1.807, 2.05) is 0 Å². The van der Waals surface area contributed by atoms with Gasteiger partial charge in [-0.2, -0.15) is 13.2 Å². The normalized spacial score (nSPS) is 12.1. The van der Waals surface area contributed by atoms with Crippen LogP contribution in [-0.2, 0) is 22.0 Å². The zero-order chi connectivity index (χ0) is 22.9. The van der Waals surface area contributed by atoms with Crippen molar-refractivity contribution >= 4 is 38.9 Å². The monoisotopic (exact) mass is 498 g/mol. The summed E-state index contributed by atoms with van der Waals surface area (Å²) in [6.45, 7) is 0. The Hall–Kier alpha value is -2.89. The van der Waals surface area contributed by atoms with Crippen LogP contribution in [0.4, 0.5) is 19.1 Å².